The number of anilines is 1. The maximum atomic E-state index is 11.8. The van der Waals surface area contributed by atoms with Crippen molar-refractivity contribution in [3.63, 3.8) is 0 Å². The Morgan fingerprint density at radius 2 is 1.52 bits per heavy atom. The van der Waals surface area contributed by atoms with Crippen molar-refractivity contribution in [3.05, 3.63) is 29.3 Å². The average Bonchev–Trinajstić information content (AvgIpc) is 2.37. The van der Waals surface area contributed by atoms with Crippen molar-refractivity contribution >= 4 is 17.4 Å². The number of ether oxygens (including phenoxy) is 1. The zero-order chi connectivity index (χ0) is 16.0. The zero-order valence-electron chi connectivity index (χ0n) is 13.5. The molecule has 4 heteroatoms. The largest absolute Gasteiger partial charge is 0.364 e. The molecule has 0 fully saturated rings. The number of carbonyl (C=O) groups is 2. The lowest BCUT2D eigenvalue weighted by atomic mass is 9.95. The van der Waals surface area contributed by atoms with Gasteiger partial charge in [-0.05, 0) is 42.0 Å². The fourth-order valence-corrected chi connectivity index (χ4v) is 1.90. The molecule has 1 amide bonds. The molecule has 1 N–H and O–H groups in total. The van der Waals surface area contributed by atoms with Crippen LogP contribution in [0.2, 0.25) is 0 Å². The molecular formula is C17H25NO3. The zero-order valence-corrected chi connectivity index (χ0v) is 13.5. The van der Waals surface area contributed by atoms with E-state index in [0.717, 1.165) is 5.69 Å². The monoisotopic (exact) mass is 291 g/mol. The molecule has 0 unspecified atom stereocenters. The van der Waals surface area contributed by atoms with Gasteiger partial charge < -0.3 is 10.1 Å². The maximum absolute atomic E-state index is 11.8. The van der Waals surface area contributed by atoms with Gasteiger partial charge in [-0.2, -0.15) is 0 Å². The number of nitrogens with one attached hydrogen (secondary N) is 1. The van der Waals surface area contributed by atoms with Crippen LogP contribution in [0.25, 0.3) is 0 Å². The molecular weight excluding hydrogens is 266 g/mol. The van der Waals surface area contributed by atoms with E-state index in [2.05, 4.69) is 39.1 Å². The number of hydrogen-bond acceptors (Lipinski definition) is 3. The number of ketones is 1. The third-order valence-corrected chi connectivity index (χ3v) is 3.13. The van der Waals surface area contributed by atoms with E-state index < -0.39 is 0 Å². The summed E-state index contributed by atoms with van der Waals surface area (Å²) in [5.41, 5.74) is 3.17. The van der Waals surface area contributed by atoms with Crippen LogP contribution in [0.1, 0.15) is 57.6 Å². The van der Waals surface area contributed by atoms with E-state index >= 15 is 0 Å². The molecule has 21 heavy (non-hydrogen) atoms. The number of hydrogen-bond donors (Lipinski definition) is 1. The van der Waals surface area contributed by atoms with Gasteiger partial charge in [-0.3, -0.25) is 9.59 Å². The van der Waals surface area contributed by atoms with E-state index in [-0.39, 0.29) is 24.9 Å². The topological polar surface area (TPSA) is 55.4 Å². The molecule has 0 aliphatic rings. The second kappa shape index (κ2) is 7.93. The van der Waals surface area contributed by atoms with E-state index in [1.165, 1.54) is 18.1 Å². The molecule has 0 aliphatic heterocycles. The van der Waals surface area contributed by atoms with Crippen molar-refractivity contribution in [1.82, 2.24) is 0 Å². The normalized spacial score (nSPS) is 11.0. The van der Waals surface area contributed by atoms with E-state index in [1.807, 2.05) is 12.1 Å². The fraction of sp³-hybridized carbons (Fsp3) is 0.529. The third-order valence-electron chi connectivity index (χ3n) is 3.13. The Balaban J connectivity index is 2.77. The summed E-state index contributed by atoms with van der Waals surface area (Å²) >= 11 is 0. The molecule has 1 aromatic rings. The minimum Gasteiger partial charge on any atom is -0.364 e. The average molecular weight is 291 g/mol. The molecule has 0 aromatic heterocycles. The predicted octanol–water partition coefficient (Wildman–Crippen LogP) is 3.48. The van der Waals surface area contributed by atoms with Gasteiger partial charge in [-0.1, -0.05) is 33.8 Å². The molecule has 0 atom stereocenters. The Bertz CT molecular complexity index is 481. The summed E-state index contributed by atoms with van der Waals surface area (Å²) in [6, 6.07) is 6.15. The second-order valence-corrected chi connectivity index (χ2v) is 5.94. The third kappa shape index (κ3) is 6.08. The Labute approximate surface area is 126 Å². The van der Waals surface area contributed by atoms with Crippen LogP contribution in [0.15, 0.2) is 18.2 Å². The van der Waals surface area contributed by atoms with Gasteiger partial charge in [0.2, 0.25) is 5.91 Å². The van der Waals surface area contributed by atoms with Crippen LogP contribution in [0, 0.1) is 0 Å². The van der Waals surface area contributed by atoms with E-state index in [4.69, 9.17) is 4.74 Å². The van der Waals surface area contributed by atoms with E-state index in [0.29, 0.717) is 11.8 Å². The molecule has 0 saturated heterocycles. The number of amides is 1. The van der Waals surface area contributed by atoms with E-state index in [9.17, 15) is 9.59 Å². The van der Waals surface area contributed by atoms with Gasteiger partial charge in [-0.25, -0.2) is 0 Å². The van der Waals surface area contributed by atoms with Crippen LogP contribution in [-0.2, 0) is 14.3 Å². The van der Waals surface area contributed by atoms with Gasteiger partial charge in [0.05, 0.1) is 0 Å². The number of rotatable bonds is 7. The molecule has 0 saturated carbocycles. The van der Waals surface area contributed by atoms with Crippen molar-refractivity contribution in [1.29, 1.82) is 0 Å². The predicted molar refractivity (Wildman–Crippen MR) is 84.7 cm³/mol. The van der Waals surface area contributed by atoms with Crippen molar-refractivity contribution in [3.8, 4) is 0 Å². The first-order chi connectivity index (χ1) is 9.79. The van der Waals surface area contributed by atoms with Crippen LogP contribution in [-0.4, -0.2) is 24.9 Å². The molecule has 0 spiro atoms. The van der Waals surface area contributed by atoms with Crippen molar-refractivity contribution in [2.45, 2.75) is 46.5 Å². The Morgan fingerprint density at radius 1 is 1.00 bits per heavy atom. The minimum absolute atomic E-state index is 0.0311. The van der Waals surface area contributed by atoms with E-state index in [1.54, 1.807) is 0 Å². The summed E-state index contributed by atoms with van der Waals surface area (Å²) in [7, 11) is 0. The summed E-state index contributed by atoms with van der Waals surface area (Å²) in [4.78, 5) is 22.6. The summed E-state index contributed by atoms with van der Waals surface area (Å²) in [5.74, 6) is 0.459. The number of carbonyl (C=O) groups excluding carboxylic acids is 2. The van der Waals surface area contributed by atoms with Crippen molar-refractivity contribution in [2.24, 2.45) is 0 Å². The molecule has 0 heterocycles. The van der Waals surface area contributed by atoms with Crippen molar-refractivity contribution < 1.29 is 14.3 Å². The Hall–Kier alpha value is -1.68. The SMILES string of the molecule is CC(=O)COCC(=O)Nc1cc(C(C)C)cc(C(C)C)c1. The van der Waals surface area contributed by atoms with Gasteiger partial charge in [0, 0.05) is 5.69 Å². The van der Waals surface area contributed by atoms with Crippen LogP contribution in [0.5, 0.6) is 0 Å². The number of Topliss-reactive ketones (excluding diaryl/α,β-unsaturated/α-hetero) is 1. The highest BCUT2D eigenvalue weighted by Gasteiger charge is 2.09. The molecule has 0 radical (unpaired) electrons. The Morgan fingerprint density at radius 3 is 1.95 bits per heavy atom. The van der Waals surface area contributed by atoms with Crippen molar-refractivity contribution in [2.75, 3.05) is 18.5 Å². The minimum atomic E-state index is -0.244. The van der Waals surface area contributed by atoms with Crippen LogP contribution < -0.4 is 5.32 Å². The lowest BCUT2D eigenvalue weighted by Crippen LogP contribution is -2.20. The van der Waals surface area contributed by atoms with Gasteiger partial charge in [0.25, 0.3) is 0 Å². The van der Waals surface area contributed by atoms with Crippen LogP contribution in [0.4, 0.5) is 5.69 Å². The fourth-order valence-electron chi connectivity index (χ4n) is 1.90. The molecule has 4 nitrogen and oxygen atoms in total. The van der Waals surface area contributed by atoms with Gasteiger partial charge >= 0.3 is 0 Å². The molecule has 1 aromatic carbocycles. The highest BCUT2D eigenvalue weighted by molar-refractivity contribution is 5.92. The highest BCUT2D eigenvalue weighted by Crippen LogP contribution is 2.25. The molecule has 116 valence electrons. The van der Waals surface area contributed by atoms with Gasteiger partial charge in [0.15, 0.2) is 5.78 Å². The maximum Gasteiger partial charge on any atom is 0.250 e. The summed E-state index contributed by atoms with van der Waals surface area (Å²) < 4.78 is 5.02. The summed E-state index contributed by atoms with van der Waals surface area (Å²) in [5, 5.41) is 2.83. The standard InChI is InChI=1S/C17H25NO3/c1-11(2)14-6-15(12(3)4)8-16(7-14)18-17(20)10-21-9-13(5)19/h6-8,11-12H,9-10H2,1-5H3,(H,18,20). The quantitative estimate of drug-likeness (QED) is 0.836. The lowest BCUT2D eigenvalue weighted by molar-refractivity contribution is -0.125. The first-order valence-corrected chi connectivity index (χ1v) is 7.31. The van der Waals surface area contributed by atoms with Gasteiger partial charge in [-0.15, -0.1) is 0 Å². The van der Waals surface area contributed by atoms with Crippen LogP contribution >= 0.6 is 0 Å². The number of benzene rings is 1. The summed E-state index contributed by atoms with van der Waals surface area (Å²) in [6.07, 6.45) is 0. The highest BCUT2D eigenvalue weighted by atomic mass is 16.5. The molecule has 0 bridgehead atoms. The smallest absolute Gasteiger partial charge is 0.250 e. The first-order valence-electron chi connectivity index (χ1n) is 7.31. The second-order valence-electron chi connectivity index (χ2n) is 5.94. The Kier molecular flexibility index (Phi) is 6.56. The molecule has 1 rings (SSSR count). The molecule has 0 aliphatic carbocycles. The van der Waals surface area contributed by atoms with Gasteiger partial charge in [0.1, 0.15) is 13.2 Å². The summed E-state index contributed by atoms with van der Waals surface area (Å²) in [6.45, 7) is 9.79. The lowest BCUT2D eigenvalue weighted by Gasteiger charge is -2.15. The first kappa shape index (κ1) is 17.4. The van der Waals surface area contributed by atoms with Crippen LogP contribution in [0.3, 0.4) is 0 Å².